The van der Waals surface area contributed by atoms with Gasteiger partial charge in [-0.25, -0.2) is 0 Å². The second-order valence-electron chi connectivity index (χ2n) is 3.83. The highest BCUT2D eigenvalue weighted by atomic mass is 79.9. The van der Waals surface area contributed by atoms with Gasteiger partial charge in [-0.05, 0) is 31.5 Å². The predicted molar refractivity (Wildman–Crippen MR) is 67.8 cm³/mol. The van der Waals surface area contributed by atoms with Gasteiger partial charge in [-0.2, -0.15) is 0 Å². The van der Waals surface area contributed by atoms with Crippen LogP contribution in [0, 0.1) is 0 Å². The van der Waals surface area contributed by atoms with E-state index in [2.05, 4.69) is 15.9 Å². The number of carbonyl (C=O) groups is 1. The Bertz CT molecular complexity index is 415. The molecule has 1 N–H and O–H groups in total. The molecule has 1 rings (SSSR count). The van der Waals surface area contributed by atoms with Gasteiger partial charge in [0.25, 0.3) is 0 Å². The molecule has 0 saturated carbocycles. The first-order valence-corrected chi connectivity index (χ1v) is 5.98. The summed E-state index contributed by atoms with van der Waals surface area (Å²) in [5.41, 5.74) is 0.661. The quantitative estimate of drug-likeness (QED) is 0.908. The molecule has 0 atom stereocenters. The maximum atomic E-state index is 10.7. The van der Waals surface area contributed by atoms with Gasteiger partial charge in [0, 0.05) is 4.47 Å². The lowest BCUT2D eigenvalue weighted by atomic mass is 10.1. The molecule has 0 aliphatic rings. The summed E-state index contributed by atoms with van der Waals surface area (Å²) in [7, 11) is 1.55. The van der Waals surface area contributed by atoms with Crippen LogP contribution in [0.1, 0.15) is 19.4 Å². The number of halogens is 1. The fourth-order valence-electron chi connectivity index (χ4n) is 1.38. The Hall–Kier alpha value is -1.23. The normalized spacial score (nSPS) is 10.4. The minimum Gasteiger partial charge on any atom is -0.493 e. The number of carboxylic acids is 1. The molecule has 0 saturated heterocycles. The summed E-state index contributed by atoms with van der Waals surface area (Å²) in [5, 5.41) is 8.80. The number of rotatable bonds is 5. The SMILES string of the molecule is COc1cc(Br)c(CC(=O)O)cc1OC(C)C. The molecule has 0 aliphatic heterocycles. The van der Waals surface area contributed by atoms with Crippen molar-refractivity contribution in [2.75, 3.05) is 7.11 Å². The van der Waals surface area contributed by atoms with Crippen molar-refractivity contribution in [1.82, 2.24) is 0 Å². The Labute approximate surface area is 109 Å². The van der Waals surface area contributed by atoms with Crippen LogP contribution in [0.3, 0.4) is 0 Å². The van der Waals surface area contributed by atoms with Gasteiger partial charge in [0.1, 0.15) is 0 Å². The molecule has 0 aromatic heterocycles. The van der Waals surface area contributed by atoms with Crippen molar-refractivity contribution < 1.29 is 19.4 Å². The lowest BCUT2D eigenvalue weighted by molar-refractivity contribution is -0.136. The number of methoxy groups -OCH3 is 1. The third kappa shape index (κ3) is 3.93. The Balaban J connectivity index is 3.12. The van der Waals surface area contributed by atoms with E-state index in [0.717, 1.165) is 0 Å². The van der Waals surface area contributed by atoms with Crippen LogP contribution in [-0.2, 0) is 11.2 Å². The van der Waals surface area contributed by atoms with Crippen molar-refractivity contribution in [3.63, 3.8) is 0 Å². The van der Waals surface area contributed by atoms with E-state index < -0.39 is 5.97 Å². The first-order chi connectivity index (χ1) is 7.93. The maximum Gasteiger partial charge on any atom is 0.307 e. The molecule has 5 heteroatoms. The van der Waals surface area contributed by atoms with Crippen molar-refractivity contribution in [3.05, 3.63) is 22.2 Å². The van der Waals surface area contributed by atoms with Crippen molar-refractivity contribution in [1.29, 1.82) is 0 Å². The van der Waals surface area contributed by atoms with Gasteiger partial charge >= 0.3 is 5.97 Å². The van der Waals surface area contributed by atoms with Crippen LogP contribution in [0.5, 0.6) is 11.5 Å². The van der Waals surface area contributed by atoms with E-state index >= 15 is 0 Å². The number of hydrogen-bond acceptors (Lipinski definition) is 3. The number of benzene rings is 1. The third-order valence-electron chi connectivity index (χ3n) is 2.04. The van der Waals surface area contributed by atoms with E-state index in [4.69, 9.17) is 14.6 Å². The van der Waals surface area contributed by atoms with Crippen molar-refractivity contribution in [3.8, 4) is 11.5 Å². The summed E-state index contributed by atoms with van der Waals surface area (Å²) in [6.45, 7) is 3.80. The van der Waals surface area contributed by atoms with Gasteiger partial charge in [-0.3, -0.25) is 4.79 Å². The molecule has 0 unspecified atom stereocenters. The summed E-state index contributed by atoms with van der Waals surface area (Å²) in [4.78, 5) is 10.7. The molecule has 0 bridgehead atoms. The van der Waals surface area contributed by atoms with Gasteiger partial charge in [-0.15, -0.1) is 0 Å². The smallest absolute Gasteiger partial charge is 0.307 e. The van der Waals surface area contributed by atoms with E-state index in [1.54, 1.807) is 19.2 Å². The summed E-state index contributed by atoms with van der Waals surface area (Å²) in [6, 6.07) is 3.41. The molecular weight excluding hydrogens is 288 g/mol. The molecule has 0 aliphatic carbocycles. The van der Waals surface area contributed by atoms with Crippen molar-refractivity contribution in [2.45, 2.75) is 26.4 Å². The lowest BCUT2D eigenvalue weighted by Crippen LogP contribution is -2.08. The predicted octanol–water partition coefficient (Wildman–Crippen LogP) is 2.87. The summed E-state index contributed by atoms with van der Waals surface area (Å²) >= 11 is 3.32. The van der Waals surface area contributed by atoms with Gasteiger partial charge in [0.2, 0.25) is 0 Å². The van der Waals surface area contributed by atoms with Gasteiger partial charge in [-0.1, -0.05) is 15.9 Å². The first kappa shape index (κ1) is 13.8. The average molecular weight is 303 g/mol. The zero-order valence-electron chi connectivity index (χ0n) is 9.99. The Morgan fingerprint density at radius 1 is 1.41 bits per heavy atom. The Morgan fingerprint density at radius 2 is 2.06 bits per heavy atom. The van der Waals surface area contributed by atoms with E-state index in [0.29, 0.717) is 21.5 Å². The number of carboxylic acid groups (broad SMARTS) is 1. The van der Waals surface area contributed by atoms with Crippen LogP contribution in [0.15, 0.2) is 16.6 Å². The standard InChI is InChI=1S/C12H15BrO4/c1-7(2)17-11-4-8(5-12(14)15)9(13)6-10(11)16-3/h4,6-7H,5H2,1-3H3,(H,14,15). The van der Waals surface area contributed by atoms with Crippen LogP contribution in [-0.4, -0.2) is 24.3 Å². The highest BCUT2D eigenvalue weighted by Crippen LogP contribution is 2.34. The molecule has 0 amide bonds. The third-order valence-corrected chi connectivity index (χ3v) is 2.78. The van der Waals surface area contributed by atoms with Crippen LogP contribution < -0.4 is 9.47 Å². The topological polar surface area (TPSA) is 55.8 Å². The Kier molecular flexibility index (Phi) is 4.81. The second-order valence-corrected chi connectivity index (χ2v) is 4.69. The lowest BCUT2D eigenvalue weighted by Gasteiger charge is -2.15. The molecule has 0 fully saturated rings. The summed E-state index contributed by atoms with van der Waals surface area (Å²) in [5.74, 6) is 0.257. The zero-order chi connectivity index (χ0) is 13.0. The number of ether oxygens (including phenoxy) is 2. The minimum absolute atomic E-state index is 0.00255. The highest BCUT2D eigenvalue weighted by molar-refractivity contribution is 9.10. The van der Waals surface area contributed by atoms with E-state index in [9.17, 15) is 4.79 Å². The Morgan fingerprint density at radius 3 is 2.53 bits per heavy atom. The fraction of sp³-hybridized carbons (Fsp3) is 0.417. The van der Waals surface area contributed by atoms with Crippen LogP contribution in [0.25, 0.3) is 0 Å². The summed E-state index contributed by atoms with van der Waals surface area (Å²) < 4.78 is 11.5. The fourth-order valence-corrected chi connectivity index (χ4v) is 1.84. The largest absolute Gasteiger partial charge is 0.493 e. The van der Waals surface area contributed by atoms with Crippen molar-refractivity contribution >= 4 is 21.9 Å². The molecule has 1 aromatic carbocycles. The van der Waals surface area contributed by atoms with Crippen LogP contribution >= 0.6 is 15.9 Å². The minimum atomic E-state index is -0.883. The van der Waals surface area contributed by atoms with Gasteiger partial charge in [0.05, 0.1) is 19.6 Å². The van der Waals surface area contributed by atoms with Gasteiger partial charge < -0.3 is 14.6 Å². The first-order valence-electron chi connectivity index (χ1n) is 5.19. The molecule has 4 nitrogen and oxygen atoms in total. The second kappa shape index (κ2) is 5.91. The molecule has 0 spiro atoms. The molecular formula is C12H15BrO4. The van der Waals surface area contributed by atoms with E-state index in [1.165, 1.54) is 0 Å². The van der Waals surface area contributed by atoms with E-state index in [-0.39, 0.29) is 12.5 Å². The number of aliphatic carboxylic acids is 1. The molecule has 94 valence electrons. The van der Waals surface area contributed by atoms with Crippen LogP contribution in [0.4, 0.5) is 0 Å². The average Bonchev–Trinajstić information content (AvgIpc) is 2.21. The molecule has 17 heavy (non-hydrogen) atoms. The maximum absolute atomic E-state index is 10.7. The van der Waals surface area contributed by atoms with Crippen molar-refractivity contribution in [2.24, 2.45) is 0 Å². The van der Waals surface area contributed by atoms with E-state index in [1.807, 2.05) is 13.8 Å². The molecule has 0 heterocycles. The number of hydrogen-bond donors (Lipinski definition) is 1. The molecule has 0 radical (unpaired) electrons. The van der Waals surface area contributed by atoms with Gasteiger partial charge in [0.15, 0.2) is 11.5 Å². The van der Waals surface area contributed by atoms with Crippen LogP contribution in [0.2, 0.25) is 0 Å². The monoisotopic (exact) mass is 302 g/mol. The zero-order valence-corrected chi connectivity index (χ0v) is 11.6. The highest BCUT2D eigenvalue weighted by Gasteiger charge is 2.13. The molecule has 1 aromatic rings. The summed E-state index contributed by atoms with van der Waals surface area (Å²) in [6.07, 6.45) is -0.0540.